The third kappa shape index (κ3) is 2.50. The number of sulfonamides is 1. The monoisotopic (exact) mass is 255 g/mol. The van der Waals surface area contributed by atoms with Gasteiger partial charge >= 0.3 is 0 Å². The first-order chi connectivity index (χ1) is 7.97. The summed E-state index contributed by atoms with van der Waals surface area (Å²) in [5.41, 5.74) is 5.26. The summed E-state index contributed by atoms with van der Waals surface area (Å²) in [5.74, 6) is 0.594. The third-order valence-electron chi connectivity index (χ3n) is 1.83. The minimum Gasteiger partial charge on any atom is -0.368 e. The Hall–Kier alpha value is -2.16. The van der Waals surface area contributed by atoms with Crippen molar-refractivity contribution in [1.29, 1.82) is 0 Å². The molecule has 17 heavy (non-hydrogen) atoms. The average Bonchev–Trinajstić information content (AvgIpc) is 2.63. The van der Waals surface area contributed by atoms with Crippen molar-refractivity contribution in [3.05, 3.63) is 24.2 Å². The molecule has 0 atom stereocenters. The highest BCUT2D eigenvalue weighted by Gasteiger charge is 2.16. The smallest absolute Gasteiger partial charge is 0.266 e. The second-order valence-corrected chi connectivity index (χ2v) is 4.89. The molecule has 0 aliphatic carbocycles. The first-order valence-electron chi connectivity index (χ1n) is 4.51. The van der Waals surface area contributed by atoms with E-state index in [1.807, 2.05) is 0 Å². The number of nitrogens with one attached hydrogen (secondary N) is 1. The number of aryl methyl sites for hydroxylation is 1. The van der Waals surface area contributed by atoms with E-state index >= 15 is 0 Å². The summed E-state index contributed by atoms with van der Waals surface area (Å²) in [5, 5.41) is 3.51. The predicted molar refractivity (Wildman–Crippen MR) is 58.5 cm³/mol. The van der Waals surface area contributed by atoms with Crippen LogP contribution in [0.5, 0.6) is 0 Å². The molecule has 0 fully saturated rings. The molecule has 0 amide bonds. The molecule has 2 rings (SSSR count). The molecule has 3 N–H and O–H groups in total. The Balaban J connectivity index is 2.28. The Bertz CT molecular complexity index is 619. The normalized spacial score (nSPS) is 11.4. The largest absolute Gasteiger partial charge is 0.368 e. The number of anilines is 2. The quantitative estimate of drug-likeness (QED) is 0.800. The van der Waals surface area contributed by atoms with Crippen molar-refractivity contribution in [1.82, 2.24) is 15.1 Å². The molecule has 0 bridgehead atoms. The van der Waals surface area contributed by atoms with Crippen LogP contribution in [0.25, 0.3) is 0 Å². The highest BCUT2D eigenvalue weighted by molar-refractivity contribution is 7.92. The van der Waals surface area contributed by atoms with Crippen molar-refractivity contribution in [2.45, 2.75) is 11.8 Å². The zero-order valence-electron chi connectivity index (χ0n) is 8.78. The third-order valence-corrected chi connectivity index (χ3v) is 3.13. The second kappa shape index (κ2) is 4.01. The molecule has 0 aliphatic heterocycles. The molecule has 0 aliphatic rings. The Morgan fingerprint density at radius 1 is 1.35 bits per heavy atom. The SMILES string of the molecule is Cc1cc(NS(=O)(=O)c2cnc(N)nc2)no1. The molecule has 8 nitrogen and oxygen atoms in total. The number of hydrogen-bond donors (Lipinski definition) is 2. The molecule has 0 saturated heterocycles. The Morgan fingerprint density at radius 2 is 2.00 bits per heavy atom. The van der Waals surface area contributed by atoms with Crippen LogP contribution in [0.1, 0.15) is 5.76 Å². The Morgan fingerprint density at radius 3 is 2.53 bits per heavy atom. The molecule has 2 heterocycles. The lowest BCUT2D eigenvalue weighted by atomic mass is 10.5. The van der Waals surface area contributed by atoms with Gasteiger partial charge in [-0.25, -0.2) is 18.4 Å². The molecule has 0 radical (unpaired) electrons. The summed E-state index contributed by atoms with van der Waals surface area (Å²) in [7, 11) is -3.77. The van der Waals surface area contributed by atoms with Crippen molar-refractivity contribution < 1.29 is 12.9 Å². The summed E-state index contributed by atoms with van der Waals surface area (Å²) < 4.78 is 30.6. The van der Waals surface area contributed by atoms with Gasteiger partial charge in [0.1, 0.15) is 10.7 Å². The Kier molecular flexibility index (Phi) is 2.68. The molecule has 2 aromatic heterocycles. The highest BCUT2D eigenvalue weighted by atomic mass is 32.2. The number of nitrogens with two attached hydrogens (primary N) is 1. The minimum absolute atomic E-state index is 0.00114. The maximum Gasteiger partial charge on any atom is 0.266 e. The van der Waals surface area contributed by atoms with Gasteiger partial charge in [0.25, 0.3) is 10.0 Å². The topological polar surface area (TPSA) is 124 Å². The summed E-state index contributed by atoms with van der Waals surface area (Å²) >= 11 is 0. The fraction of sp³-hybridized carbons (Fsp3) is 0.125. The first kappa shape index (κ1) is 11.3. The standard InChI is InChI=1S/C8H9N5O3S/c1-5-2-7(12-16-5)13-17(14,15)6-3-10-8(9)11-4-6/h2-4H,1H3,(H,12,13)(H2,9,10,11). The highest BCUT2D eigenvalue weighted by Crippen LogP contribution is 2.14. The maximum absolute atomic E-state index is 11.8. The molecular weight excluding hydrogens is 246 g/mol. The van der Waals surface area contributed by atoms with Crippen molar-refractivity contribution in [3.8, 4) is 0 Å². The molecule has 0 saturated carbocycles. The molecule has 9 heteroatoms. The molecule has 2 aromatic rings. The first-order valence-corrected chi connectivity index (χ1v) is 5.99. The van der Waals surface area contributed by atoms with E-state index in [-0.39, 0.29) is 16.7 Å². The Labute approximate surface area is 96.9 Å². The summed E-state index contributed by atoms with van der Waals surface area (Å²) in [4.78, 5) is 7.09. The zero-order valence-corrected chi connectivity index (χ0v) is 9.60. The maximum atomic E-state index is 11.8. The van der Waals surface area contributed by atoms with E-state index < -0.39 is 10.0 Å². The van der Waals surface area contributed by atoms with Gasteiger partial charge in [0.2, 0.25) is 5.95 Å². The van der Waals surface area contributed by atoms with E-state index in [9.17, 15) is 8.42 Å². The molecule has 90 valence electrons. The van der Waals surface area contributed by atoms with Crippen molar-refractivity contribution in [3.63, 3.8) is 0 Å². The zero-order chi connectivity index (χ0) is 12.5. The fourth-order valence-corrected chi connectivity index (χ4v) is 1.95. The van der Waals surface area contributed by atoms with Crippen molar-refractivity contribution in [2.75, 3.05) is 10.5 Å². The number of nitrogen functional groups attached to an aromatic ring is 1. The van der Waals surface area contributed by atoms with Crippen LogP contribution in [0.2, 0.25) is 0 Å². The van der Waals surface area contributed by atoms with Crippen LogP contribution in [-0.4, -0.2) is 23.5 Å². The van der Waals surface area contributed by atoms with Gasteiger partial charge < -0.3 is 10.3 Å². The van der Waals surface area contributed by atoms with Crippen molar-refractivity contribution >= 4 is 21.8 Å². The second-order valence-electron chi connectivity index (χ2n) is 3.21. The lowest BCUT2D eigenvalue weighted by molar-refractivity contribution is 0.400. The van der Waals surface area contributed by atoms with Gasteiger partial charge in [-0.1, -0.05) is 5.16 Å². The molecular formula is C8H9N5O3S. The van der Waals surface area contributed by atoms with Crippen LogP contribution in [0.4, 0.5) is 11.8 Å². The lowest BCUT2D eigenvalue weighted by Crippen LogP contribution is -2.14. The summed E-state index contributed by atoms with van der Waals surface area (Å²) in [6.07, 6.45) is 2.22. The molecule has 0 aromatic carbocycles. The van der Waals surface area contributed by atoms with Crippen LogP contribution >= 0.6 is 0 Å². The number of aromatic nitrogens is 3. The number of hydrogen-bond acceptors (Lipinski definition) is 7. The van der Waals surface area contributed by atoms with E-state index in [0.29, 0.717) is 5.76 Å². The van der Waals surface area contributed by atoms with Gasteiger partial charge in [-0.15, -0.1) is 0 Å². The van der Waals surface area contributed by atoms with Gasteiger partial charge in [0.15, 0.2) is 5.82 Å². The summed E-state index contributed by atoms with van der Waals surface area (Å²) in [6.45, 7) is 1.65. The van der Waals surface area contributed by atoms with Gasteiger partial charge in [-0.2, -0.15) is 0 Å². The predicted octanol–water partition coefficient (Wildman–Crippen LogP) is 0.156. The van der Waals surface area contributed by atoms with Crippen LogP contribution in [0.3, 0.4) is 0 Å². The van der Waals surface area contributed by atoms with Crippen LogP contribution < -0.4 is 10.5 Å². The van der Waals surface area contributed by atoms with E-state index in [4.69, 9.17) is 10.3 Å². The van der Waals surface area contributed by atoms with Gasteiger partial charge in [0, 0.05) is 6.07 Å². The van der Waals surface area contributed by atoms with E-state index in [1.165, 1.54) is 6.07 Å². The van der Waals surface area contributed by atoms with E-state index in [1.54, 1.807) is 6.92 Å². The van der Waals surface area contributed by atoms with Crippen LogP contribution in [0, 0.1) is 6.92 Å². The lowest BCUT2D eigenvalue weighted by Gasteiger charge is -2.03. The van der Waals surface area contributed by atoms with Crippen LogP contribution in [-0.2, 0) is 10.0 Å². The van der Waals surface area contributed by atoms with Crippen LogP contribution in [0.15, 0.2) is 27.9 Å². The molecule has 0 spiro atoms. The molecule has 0 unspecified atom stereocenters. The number of nitrogens with zero attached hydrogens (tertiary/aromatic N) is 3. The van der Waals surface area contributed by atoms with E-state index in [0.717, 1.165) is 12.4 Å². The average molecular weight is 255 g/mol. The fourth-order valence-electron chi connectivity index (χ4n) is 1.08. The van der Waals surface area contributed by atoms with Crippen molar-refractivity contribution in [2.24, 2.45) is 0 Å². The van der Waals surface area contributed by atoms with Gasteiger partial charge in [-0.05, 0) is 6.92 Å². The summed E-state index contributed by atoms with van der Waals surface area (Å²) in [6, 6.07) is 1.45. The van der Waals surface area contributed by atoms with Gasteiger partial charge in [0.05, 0.1) is 12.4 Å². The minimum atomic E-state index is -3.77. The number of rotatable bonds is 3. The van der Waals surface area contributed by atoms with E-state index in [2.05, 4.69) is 19.8 Å². The van der Waals surface area contributed by atoms with Gasteiger partial charge in [-0.3, -0.25) is 4.72 Å².